The van der Waals surface area contributed by atoms with Crippen LogP contribution in [0.2, 0.25) is 10.0 Å². The first-order chi connectivity index (χ1) is 11.6. The average molecular weight is 405 g/mol. The largest absolute Gasteiger partial charge is 0.323 e. The molecule has 134 valence electrons. The summed E-state index contributed by atoms with van der Waals surface area (Å²) in [6, 6.07) is 8.23. The second-order valence-corrected chi connectivity index (χ2v) is 8.03. The van der Waals surface area contributed by atoms with Crippen LogP contribution < -0.4 is 9.62 Å². The van der Waals surface area contributed by atoms with Gasteiger partial charge in [-0.2, -0.15) is 0 Å². The molecule has 2 aromatic rings. The van der Waals surface area contributed by atoms with Crippen molar-refractivity contribution in [2.75, 3.05) is 15.9 Å². The highest BCUT2D eigenvalue weighted by atomic mass is 35.5. The van der Waals surface area contributed by atoms with E-state index < -0.39 is 27.8 Å². The molecule has 25 heavy (non-hydrogen) atoms. The van der Waals surface area contributed by atoms with Gasteiger partial charge in [0.2, 0.25) is 15.9 Å². The minimum atomic E-state index is -3.79. The molecule has 9 heteroatoms. The average Bonchev–Trinajstić information content (AvgIpc) is 2.51. The third-order valence-corrected chi connectivity index (χ3v) is 5.16. The molecule has 0 aliphatic carbocycles. The van der Waals surface area contributed by atoms with E-state index in [1.807, 2.05) is 0 Å². The van der Waals surface area contributed by atoms with Crippen LogP contribution in [0.4, 0.5) is 15.8 Å². The molecule has 0 bridgehead atoms. The molecule has 1 N–H and O–H groups in total. The van der Waals surface area contributed by atoms with E-state index in [0.29, 0.717) is 5.02 Å². The SMILES string of the molecule is C[C@@H](C(=O)Nc1cc(Cl)ccc1Cl)N(c1ccc(F)cc1)S(C)(=O)=O. The molecule has 0 saturated carbocycles. The number of hydrogen-bond donors (Lipinski definition) is 1. The standard InChI is InChI=1S/C16H15Cl2FN2O3S/c1-10(16(22)20-15-9-11(17)3-8-14(15)18)21(25(2,23)24)13-6-4-12(19)5-7-13/h3-10H,1-2H3,(H,20,22)/t10-/m0/s1. The van der Waals surface area contributed by atoms with Crippen molar-refractivity contribution in [3.05, 3.63) is 58.3 Å². The fourth-order valence-electron chi connectivity index (χ4n) is 2.23. The predicted molar refractivity (Wildman–Crippen MR) is 98.3 cm³/mol. The van der Waals surface area contributed by atoms with Crippen molar-refractivity contribution in [3.63, 3.8) is 0 Å². The van der Waals surface area contributed by atoms with E-state index in [0.717, 1.165) is 22.7 Å². The van der Waals surface area contributed by atoms with E-state index in [-0.39, 0.29) is 16.4 Å². The third-order valence-electron chi connectivity index (χ3n) is 3.36. The lowest BCUT2D eigenvalue weighted by Gasteiger charge is -2.28. The lowest BCUT2D eigenvalue weighted by molar-refractivity contribution is -0.116. The second-order valence-electron chi connectivity index (χ2n) is 5.32. The molecule has 0 saturated heterocycles. The maximum Gasteiger partial charge on any atom is 0.248 e. The lowest BCUT2D eigenvalue weighted by atomic mass is 10.2. The number of nitrogens with zero attached hydrogens (tertiary/aromatic N) is 1. The summed E-state index contributed by atoms with van der Waals surface area (Å²) in [4.78, 5) is 12.5. The summed E-state index contributed by atoms with van der Waals surface area (Å²) in [7, 11) is -3.79. The van der Waals surface area contributed by atoms with Crippen molar-refractivity contribution < 1.29 is 17.6 Å². The van der Waals surface area contributed by atoms with Gasteiger partial charge in [-0.1, -0.05) is 23.2 Å². The zero-order valence-electron chi connectivity index (χ0n) is 13.3. The van der Waals surface area contributed by atoms with E-state index in [1.165, 1.54) is 31.2 Å². The van der Waals surface area contributed by atoms with E-state index in [1.54, 1.807) is 6.07 Å². The highest BCUT2D eigenvalue weighted by molar-refractivity contribution is 7.92. The van der Waals surface area contributed by atoms with E-state index in [4.69, 9.17) is 23.2 Å². The Morgan fingerprint density at radius 2 is 1.76 bits per heavy atom. The van der Waals surface area contributed by atoms with Crippen LogP contribution in [0.3, 0.4) is 0 Å². The molecule has 0 unspecified atom stereocenters. The Bertz CT molecular complexity index is 889. The van der Waals surface area contributed by atoms with E-state index >= 15 is 0 Å². The van der Waals surface area contributed by atoms with E-state index in [9.17, 15) is 17.6 Å². The maximum absolute atomic E-state index is 13.1. The number of carbonyl (C=O) groups excluding carboxylic acids is 1. The van der Waals surface area contributed by atoms with Gasteiger partial charge in [-0.3, -0.25) is 9.10 Å². The second kappa shape index (κ2) is 7.59. The number of amides is 1. The summed E-state index contributed by atoms with van der Waals surface area (Å²) in [6.07, 6.45) is 0.965. The topological polar surface area (TPSA) is 66.5 Å². The molecule has 2 aromatic carbocycles. The molecule has 2 rings (SSSR count). The molecule has 0 spiro atoms. The molecular formula is C16H15Cl2FN2O3S. The Labute approximate surface area is 155 Å². The van der Waals surface area contributed by atoms with Gasteiger partial charge in [0.25, 0.3) is 0 Å². The lowest BCUT2D eigenvalue weighted by Crippen LogP contribution is -2.45. The van der Waals surface area contributed by atoms with Gasteiger partial charge in [0, 0.05) is 5.02 Å². The molecule has 1 atom stereocenters. The molecule has 0 heterocycles. The summed E-state index contributed by atoms with van der Waals surface area (Å²) in [5.41, 5.74) is 0.433. The summed E-state index contributed by atoms with van der Waals surface area (Å²) >= 11 is 11.9. The monoisotopic (exact) mass is 404 g/mol. The first kappa shape index (κ1) is 19.5. The van der Waals surface area contributed by atoms with Crippen LogP contribution in [-0.2, 0) is 14.8 Å². The van der Waals surface area contributed by atoms with Crippen molar-refractivity contribution in [1.29, 1.82) is 0 Å². The Morgan fingerprint density at radius 1 is 1.16 bits per heavy atom. The Morgan fingerprint density at radius 3 is 2.32 bits per heavy atom. The quantitative estimate of drug-likeness (QED) is 0.820. The fraction of sp³-hybridized carbons (Fsp3) is 0.188. The van der Waals surface area contributed by atoms with Crippen LogP contribution in [0.5, 0.6) is 0 Å². The van der Waals surface area contributed by atoms with Crippen LogP contribution in [0.25, 0.3) is 0 Å². The van der Waals surface area contributed by atoms with Crippen molar-refractivity contribution in [2.45, 2.75) is 13.0 Å². The van der Waals surface area contributed by atoms with Gasteiger partial charge in [-0.25, -0.2) is 12.8 Å². The van der Waals surface area contributed by atoms with Crippen molar-refractivity contribution in [3.8, 4) is 0 Å². The van der Waals surface area contributed by atoms with Gasteiger partial charge in [-0.05, 0) is 49.4 Å². The number of rotatable bonds is 5. The predicted octanol–water partition coefficient (Wildman–Crippen LogP) is 3.93. The van der Waals surface area contributed by atoms with Gasteiger partial charge < -0.3 is 5.32 Å². The van der Waals surface area contributed by atoms with Gasteiger partial charge in [0.05, 0.1) is 22.7 Å². The Kier molecular flexibility index (Phi) is 5.92. The first-order valence-electron chi connectivity index (χ1n) is 7.10. The van der Waals surface area contributed by atoms with Gasteiger partial charge in [-0.15, -0.1) is 0 Å². The smallest absolute Gasteiger partial charge is 0.248 e. The van der Waals surface area contributed by atoms with Crippen LogP contribution in [-0.4, -0.2) is 26.6 Å². The zero-order valence-corrected chi connectivity index (χ0v) is 15.7. The first-order valence-corrected chi connectivity index (χ1v) is 9.71. The zero-order chi connectivity index (χ0) is 18.8. The highest BCUT2D eigenvalue weighted by Gasteiger charge is 2.29. The van der Waals surface area contributed by atoms with Crippen molar-refractivity contribution in [2.24, 2.45) is 0 Å². The molecule has 0 fully saturated rings. The molecule has 1 amide bonds. The van der Waals surface area contributed by atoms with Gasteiger partial charge in [0.1, 0.15) is 11.9 Å². The Hall–Kier alpha value is -1.83. The number of anilines is 2. The summed E-state index contributed by atoms with van der Waals surface area (Å²) in [5.74, 6) is -1.13. The van der Waals surface area contributed by atoms with Gasteiger partial charge >= 0.3 is 0 Å². The minimum absolute atomic E-state index is 0.170. The number of nitrogens with one attached hydrogen (secondary N) is 1. The molecular weight excluding hydrogens is 390 g/mol. The van der Waals surface area contributed by atoms with Crippen LogP contribution in [0.15, 0.2) is 42.5 Å². The summed E-state index contributed by atoms with van der Waals surface area (Å²) in [6.45, 7) is 1.41. The highest BCUT2D eigenvalue weighted by Crippen LogP contribution is 2.27. The summed E-state index contributed by atoms with van der Waals surface area (Å²) in [5, 5.41) is 3.18. The summed E-state index contributed by atoms with van der Waals surface area (Å²) < 4.78 is 38.3. The molecule has 0 radical (unpaired) electrons. The third kappa shape index (κ3) is 4.84. The molecule has 5 nitrogen and oxygen atoms in total. The maximum atomic E-state index is 13.1. The van der Waals surface area contributed by atoms with Crippen LogP contribution >= 0.6 is 23.2 Å². The van der Waals surface area contributed by atoms with Gasteiger partial charge in [0.15, 0.2) is 0 Å². The van der Waals surface area contributed by atoms with Crippen LogP contribution in [0.1, 0.15) is 6.92 Å². The molecule has 0 aromatic heterocycles. The van der Waals surface area contributed by atoms with E-state index in [2.05, 4.69) is 5.32 Å². The van der Waals surface area contributed by atoms with Crippen molar-refractivity contribution in [1.82, 2.24) is 0 Å². The normalized spacial score (nSPS) is 12.5. The van der Waals surface area contributed by atoms with Crippen molar-refractivity contribution >= 4 is 50.5 Å². The fourth-order valence-corrected chi connectivity index (χ4v) is 3.74. The number of halogens is 3. The molecule has 0 aliphatic heterocycles. The minimum Gasteiger partial charge on any atom is -0.323 e. The number of carbonyl (C=O) groups is 1. The number of hydrogen-bond acceptors (Lipinski definition) is 3. The number of benzene rings is 2. The number of sulfonamides is 1. The molecule has 0 aliphatic rings. The Balaban J connectivity index is 2.33. The van der Waals surface area contributed by atoms with Crippen LogP contribution in [0, 0.1) is 5.82 Å².